The Morgan fingerprint density at radius 3 is 2.84 bits per heavy atom. The Bertz CT molecular complexity index is 533. The number of aromatic nitrogens is 2. The SMILES string of the molecule is Cc1ccc2ncc(CNC(CO)CC(C)C)n2c1. The molecule has 0 bridgehead atoms. The van der Waals surface area contributed by atoms with Crippen molar-refractivity contribution in [2.45, 2.75) is 39.8 Å². The molecule has 2 N–H and O–H groups in total. The van der Waals surface area contributed by atoms with Crippen LogP contribution < -0.4 is 5.32 Å². The molecular formula is C15H23N3O. The lowest BCUT2D eigenvalue weighted by molar-refractivity contribution is 0.223. The third kappa shape index (κ3) is 3.55. The zero-order valence-corrected chi connectivity index (χ0v) is 11.9. The second-order valence-electron chi connectivity index (χ2n) is 5.57. The van der Waals surface area contributed by atoms with Crippen LogP contribution in [0.2, 0.25) is 0 Å². The van der Waals surface area contributed by atoms with E-state index < -0.39 is 0 Å². The van der Waals surface area contributed by atoms with E-state index in [-0.39, 0.29) is 12.6 Å². The minimum atomic E-state index is 0.148. The number of pyridine rings is 1. The Hall–Kier alpha value is -1.39. The monoisotopic (exact) mass is 261 g/mol. The third-order valence-electron chi connectivity index (χ3n) is 3.28. The third-order valence-corrected chi connectivity index (χ3v) is 3.28. The van der Waals surface area contributed by atoms with E-state index in [0.717, 1.165) is 24.3 Å². The second kappa shape index (κ2) is 6.17. The minimum Gasteiger partial charge on any atom is -0.395 e. The van der Waals surface area contributed by atoms with Crippen molar-refractivity contribution in [3.05, 3.63) is 35.8 Å². The Labute approximate surface area is 114 Å². The van der Waals surface area contributed by atoms with E-state index in [1.807, 2.05) is 12.3 Å². The summed E-state index contributed by atoms with van der Waals surface area (Å²) in [6.45, 7) is 7.31. The average Bonchev–Trinajstić information content (AvgIpc) is 2.76. The topological polar surface area (TPSA) is 49.6 Å². The van der Waals surface area contributed by atoms with E-state index in [1.165, 1.54) is 5.56 Å². The van der Waals surface area contributed by atoms with Crippen LogP contribution in [-0.2, 0) is 6.54 Å². The first kappa shape index (κ1) is 14.0. The molecule has 0 aliphatic heterocycles. The molecule has 0 amide bonds. The summed E-state index contributed by atoms with van der Waals surface area (Å²) >= 11 is 0. The molecule has 2 aromatic heterocycles. The van der Waals surface area contributed by atoms with E-state index in [9.17, 15) is 5.11 Å². The van der Waals surface area contributed by atoms with Gasteiger partial charge in [0.15, 0.2) is 0 Å². The predicted octanol–water partition coefficient (Wildman–Crippen LogP) is 2.14. The predicted molar refractivity (Wildman–Crippen MR) is 77.1 cm³/mol. The number of rotatable bonds is 6. The lowest BCUT2D eigenvalue weighted by Crippen LogP contribution is -2.33. The molecule has 0 radical (unpaired) electrons. The highest BCUT2D eigenvalue weighted by Gasteiger charge is 2.10. The van der Waals surface area contributed by atoms with Gasteiger partial charge in [-0.2, -0.15) is 0 Å². The summed E-state index contributed by atoms with van der Waals surface area (Å²) < 4.78 is 2.10. The van der Waals surface area contributed by atoms with E-state index >= 15 is 0 Å². The van der Waals surface area contributed by atoms with E-state index in [2.05, 4.69) is 47.7 Å². The van der Waals surface area contributed by atoms with Gasteiger partial charge in [0.1, 0.15) is 5.65 Å². The fraction of sp³-hybridized carbons (Fsp3) is 0.533. The van der Waals surface area contributed by atoms with Crippen molar-refractivity contribution in [2.24, 2.45) is 5.92 Å². The van der Waals surface area contributed by atoms with Gasteiger partial charge in [-0.15, -0.1) is 0 Å². The Balaban J connectivity index is 2.06. The summed E-state index contributed by atoms with van der Waals surface area (Å²) in [7, 11) is 0. The van der Waals surface area contributed by atoms with Crippen molar-refractivity contribution in [3.63, 3.8) is 0 Å². The second-order valence-corrected chi connectivity index (χ2v) is 5.57. The maximum atomic E-state index is 9.38. The first-order chi connectivity index (χ1) is 9.10. The molecule has 1 atom stereocenters. The summed E-state index contributed by atoms with van der Waals surface area (Å²) in [5, 5.41) is 12.8. The van der Waals surface area contributed by atoms with Crippen molar-refractivity contribution < 1.29 is 5.11 Å². The fourth-order valence-electron chi connectivity index (χ4n) is 2.31. The highest BCUT2D eigenvalue weighted by molar-refractivity contribution is 5.41. The lowest BCUT2D eigenvalue weighted by Gasteiger charge is -2.18. The van der Waals surface area contributed by atoms with E-state index in [1.54, 1.807) is 0 Å². The van der Waals surface area contributed by atoms with Crippen LogP contribution in [0.5, 0.6) is 0 Å². The van der Waals surface area contributed by atoms with Crippen LogP contribution >= 0.6 is 0 Å². The molecule has 104 valence electrons. The molecule has 1 unspecified atom stereocenters. The fourth-order valence-corrected chi connectivity index (χ4v) is 2.31. The molecule has 4 heteroatoms. The van der Waals surface area contributed by atoms with Gasteiger partial charge in [0.2, 0.25) is 0 Å². The van der Waals surface area contributed by atoms with E-state index in [4.69, 9.17) is 0 Å². The number of imidazole rings is 1. The highest BCUT2D eigenvalue weighted by atomic mass is 16.3. The zero-order valence-electron chi connectivity index (χ0n) is 11.9. The van der Waals surface area contributed by atoms with E-state index in [0.29, 0.717) is 5.92 Å². The van der Waals surface area contributed by atoms with Crippen molar-refractivity contribution >= 4 is 5.65 Å². The Morgan fingerprint density at radius 2 is 2.16 bits per heavy atom. The molecule has 2 aromatic rings. The van der Waals surface area contributed by atoms with Crippen LogP contribution in [0.15, 0.2) is 24.5 Å². The molecule has 2 heterocycles. The zero-order chi connectivity index (χ0) is 13.8. The van der Waals surface area contributed by atoms with Gasteiger partial charge in [-0.3, -0.25) is 0 Å². The number of hydrogen-bond acceptors (Lipinski definition) is 3. The first-order valence-electron chi connectivity index (χ1n) is 6.87. The van der Waals surface area contributed by atoms with Gasteiger partial charge < -0.3 is 14.8 Å². The maximum Gasteiger partial charge on any atom is 0.136 e. The molecule has 4 nitrogen and oxygen atoms in total. The van der Waals surface area contributed by atoms with Crippen LogP contribution in [0.3, 0.4) is 0 Å². The number of fused-ring (bicyclic) bond motifs is 1. The number of aliphatic hydroxyl groups excluding tert-OH is 1. The summed E-state index contributed by atoms with van der Waals surface area (Å²) in [5.74, 6) is 0.578. The number of nitrogens with one attached hydrogen (secondary N) is 1. The minimum absolute atomic E-state index is 0.148. The number of hydrogen-bond donors (Lipinski definition) is 2. The van der Waals surface area contributed by atoms with Crippen LogP contribution in [0.25, 0.3) is 5.65 Å². The molecular weight excluding hydrogens is 238 g/mol. The van der Waals surface area contributed by atoms with Crippen molar-refractivity contribution in [3.8, 4) is 0 Å². The molecule has 0 aliphatic rings. The van der Waals surface area contributed by atoms with Gasteiger partial charge in [0.05, 0.1) is 18.5 Å². The quantitative estimate of drug-likeness (QED) is 0.837. The van der Waals surface area contributed by atoms with Crippen molar-refractivity contribution in [1.82, 2.24) is 14.7 Å². The molecule has 0 fully saturated rings. The van der Waals surface area contributed by atoms with Gasteiger partial charge in [0.25, 0.3) is 0 Å². The van der Waals surface area contributed by atoms with Crippen LogP contribution in [0.1, 0.15) is 31.5 Å². The standard InChI is InChI=1S/C15H23N3O/c1-11(2)6-13(10-19)16-7-14-8-17-15-5-4-12(3)9-18(14)15/h4-5,8-9,11,13,16,19H,6-7,10H2,1-3H3. The maximum absolute atomic E-state index is 9.38. The van der Waals surface area contributed by atoms with Crippen molar-refractivity contribution in [2.75, 3.05) is 6.61 Å². The Morgan fingerprint density at radius 1 is 1.37 bits per heavy atom. The van der Waals surface area contributed by atoms with Crippen LogP contribution in [0, 0.1) is 12.8 Å². The smallest absolute Gasteiger partial charge is 0.136 e. The number of aryl methyl sites for hydroxylation is 1. The average molecular weight is 261 g/mol. The molecule has 0 aromatic carbocycles. The van der Waals surface area contributed by atoms with Gasteiger partial charge in [-0.25, -0.2) is 4.98 Å². The summed E-state index contributed by atoms with van der Waals surface area (Å²) in [6, 6.07) is 4.24. The molecule has 2 rings (SSSR count). The van der Waals surface area contributed by atoms with Gasteiger partial charge in [-0.05, 0) is 30.9 Å². The molecule has 0 spiro atoms. The van der Waals surface area contributed by atoms with Gasteiger partial charge >= 0.3 is 0 Å². The summed E-state index contributed by atoms with van der Waals surface area (Å²) in [6.07, 6.45) is 4.97. The highest BCUT2D eigenvalue weighted by Crippen LogP contribution is 2.10. The van der Waals surface area contributed by atoms with Crippen molar-refractivity contribution in [1.29, 1.82) is 0 Å². The number of aliphatic hydroxyl groups is 1. The van der Waals surface area contributed by atoms with Gasteiger partial charge in [-0.1, -0.05) is 19.9 Å². The Kier molecular flexibility index (Phi) is 4.56. The number of nitrogens with zero attached hydrogens (tertiary/aromatic N) is 2. The molecule has 19 heavy (non-hydrogen) atoms. The summed E-state index contributed by atoms with van der Waals surface area (Å²) in [5.41, 5.74) is 3.31. The normalized spacial score (nSPS) is 13.3. The van der Waals surface area contributed by atoms with Gasteiger partial charge in [0, 0.05) is 18.8 Å². The molecule has 0 aliphatic carbocycles. The lowest BCUT2D eigenvalue weighted by atomic mass is 10.0. The van der Waals surface area contributed by atoms with Crippen LogP contribution in [0.4, 0.5) is 0 Å². The summed E-state index contributed by atoms with van der Waals surface area (Å²) in [4.78, 5) is 4.38. The molecule has 0 saturated heterocycles. The first-order valence-corrected chi connectivity index (χ1v) is 6.87. The van der Waals surface area contributed by atoms with Crippen LogP contribution in [-0.4, -0.2) is 27.1 Å². The molecule has 0 saturated carbocycles. The largest absolute Gasteiger partial charge is 0.395 e.